The maximum absolute atomic E-state index is 5.41. The van der Waals surface area contributed by atoms with Gasteiger partial charge in [-0.1, -0.05) is 0 Å². The predicted molar refractivity (Wildman–Crippen MR) is 71.6 cm³/mol. The van der Waals surface area contributed by atoms with Gasteiger partial charge in [0, 0.05) is 19.3 Å². The van der Waals surface area contributed by atoms with Crippen LogP contribution in [-0.2, 0) is 4.74 Å². The maximum atomic E-state index is 5.41. The summed E-state index contributed by atoms with van der Waals surface area (Å²) in [5, 5.41) is 3.43. The molecule has 0 aromatic carbocycles. The van der Waals surface area contributed by atoms with Crippen molar-refractivity contribution in [3.63, 3.8) is 0 Å². The van der Waals surface area contributed by atoms with Crippen LogP contribution in [-0.4, -0.2) is 37.8 Å². The standard InChI is InChI=1S/C9H20N4O.2ClH/c1-7(13-9(10)11)8-3-6-14-5-2-4-12-8;;/h7-8,12H,2-6H2,1H3,(H4,10,11,13);2*1H. The monoisotopic (exact) mass is 272 g/mol. The summed E-state index contributed by atoms with van der Waals surface area (Å²) in [6.07, 6.45) is 2.00. The Hall–Kier alpha value is -0.230. The summed E-state index contributed by atoms with van der Waals surface area (Å²) in [4.78, 5) is 4.13. The Kier molecular flexibility index (Phi) is 11.3. The SMILES string of the molecule is CC(N=C(N)N)C1CCOCCCN1.Cl.Cl. The normalized spacial score (nSPS) is 22.7. The predicted octanol–water partition coefficient (Wildman–Crippen LogP) is 0.260. The van der Waals surface area contributed by atoms with Gasteiger partial charge in [0.05, 0.1) is 6.04 Å². The zero-order valence-corrected chi connectivity index (χ0v) is 11.1. The molecule has 1 heterocycles. The fourth-order valence-corrected chi connectivity index (χ4v) is 1.61. The average molecular weight is 273 g/mol. The van der Waals surface area contributed by atoms with Gasteiger partial charge in [-0.05, 0) is 26.3 Å². The Labute approximate surface area is 109 Å². The van der Waals surface area contributed by atoms with Crippen LogP contribution in [0.15, 0.2) is 4.99 Å². The Balaban J connectivity index is 0. The number of guanidine groups is 1. The van der Waals surface area contributed by atoms with Crippen LogP contribution in [0.2, 0.25) is 0 Å². The third kappa shape index (κ3) is 7.11. The lowest BCUT2D eigenvalue weighted by molar-refractivity contribution is 0.106. The van der Waals surface area contributed by atoms with E-state index in [4.69, 9.17) is 16.2 Å². The molecule has 16 heavy (non-hydrogen) atoms. The second-order valence-electron chi connectivity index (χ2n) is 3.61. The van der Waals surface area contributed by atoms with Crippen molar-refractivity contribution in [3.8, 4) is 0 Å². The van der Waals surface area contributed by atoms with Gasteiger partial charge in [0.1, 0.15) is 0 Å². The third-order valence-electron chi connectivity index (χ3n) is 2.38. The average Bonchev–Trinajstić information content (AvgIpc) is 2.00. The fourth-order valence-electron chi connectivity index (χ4n) is 1.61. The van der Waals surface area contributed by atoms with Crippen molar-refractivity contribution in [2.75, 3.05) is 19.8 Å². The van der Waals surface area contributed by atoms with Crippen molar-refractivity contribution in [2.45, 2.75) is 31.8 Å². The minimum atomic E-state index is 0. The minimum absolute atomic E-state index is 0. The molecule has 1 aliphatic rings. The Morgan fingerprint density at radius 2 is 2.06 bits per heavy atom. The number of halogens is 2. The Morgan fingerprint density at radius 3 is 2.69 bits per heavy atom. The first-order chi connectivity index (χ1) is 6.70. The molecule has 2 atom stereocenters. The van der Waals surface area contributed by atoms with Crippen LogP contribution < -0.4 is 16.8 Å². The third-order valence-corrected chi connectivity index (χ3v) is 2.38. The van der Waals surface area contributed by atoms with Gasteiger partial charge in [0.15, 0.2) is 5.96 Å². The van der Waals surface area contributed by atoms with Crippen LogP contribution in [0.4, 0.5) is 0 Å². The molecule has 0 amide bonds. The van der Waals surface area contributed by atoms with Crippen LogP contribution in [0.25, 0.3) is 0 Å². The number of ether oxygens (including phenoxy) is 1. The van der Waals surface area contributed by atoms with Gasteiger partial charge in [-0.2, -0.15) is 0 Å². The van der Waals surface area contributed by atoms with Gasteiger partial charge in [-0.3, -0.25) is 0 Å². The second kappa shape index (κ2) is 9.96. The molecule has 0 spiro atoms. The van der Waals surface area contributed by atoms with Crippen LogP contribution in [0.3, 0.4) is 0 Å². The molecular weight excluding hydrogens is 251 g/mol. The lowest BCUT2D eigenvalue weighted by atomic mass is 10.1. The molecular formula is C9H22Cl2N4O. The molecule has 1 aliphatic heterocycles. The summed E-state index contributed by atoms with van der Waals surface area (Å²) in [6, 6.07) is 0.430. The molecule has 1 saturated heterocycles. The zero-order valence-electron chi connectivity index (χ0n) is 9.52. The van der Waals surface area contributed by atoms with Crippen LogP contribution in [0.1, 0.15) is 19.8 Å². The summed E-state index contributed by atoms with van der Waals surface area (Å²) >= 11 is 0. The smallest absolute Gasteiger partial charge is 0.186 e. The number of nitrogens with one attached hydrogen (secondary N) is 1. The Bertz CT molecular complexity index is 192. The summed E-state index contributed by atoms with van der Waals surface area (Å²) in [7, 11) is 0. The van der Waals surface area contributed by atoms with Crippen molar-refractivity contribution in [1.82, 2.24) is 5.32 Å². The summed E-state index contributed by atoms with van der Waals surface area (Å²) in [6.45, 7) is 4.60. The number of aliphatic imine (C=N–C) groups is 1. The van der Waals surface area contributed by atoms with E-state index in [1.165, 1.54) is 0 Å². The first-order valence-electron chi connectivity index (χ1n) is 5.10. The molecule has 1 rings (SSSR count). The van der Waals surface area contributed by atoms with Crippen molar-refractivity contribution >= 4 is 30.8 Å². The van der Waals surface area contributed by atoms with E-state index in [0.29, 0.717) is 6.04 Å². The molecule has 1 fully saturated rings. The number of hydrogen-bond donors (Lipinski definition) is 3. The van der Waals surface area contributed by atoms with Gasteiger partial charge in [-0.15, -0.1) is 24.8 Å². The topological polar surface area (TPSA) is 85.7 Å². The molecule has 7 heteroatoms. The molecule has 0 aliphatic carbocycles. The van der Waals surface area contributed by atoms with Gasteiger partial charge < -0.3 is 21.5 Å². The Morgan fingerprint density at radius 1 is 1.38 bits per heavy atom. The molecule has 0 saturated carbocycles. The van der Waals surface area contributed by atoms with E-state index in [1.54, 1.807) is 0 Å². The molecule has 0 bridgehead atoms. The first-order valence-corrected chi connectivity index (χ1v) is 5.10. The van der Waals surface area contributed by atoms with Crippen LogP contribution in [0.5, 0.6) is 0 Å². The lowest BCUT2D eigenvalue weighted by Crippen LogP contribution is -2.42. The molecule has 0 aromatic rings. The van der Waals surface area contributed by atoms with Crippen molar-refractivity contribution in [3.05, 3.63) is 0 Å². The van der Waals surface area contributed by atoms with Gasteiger partial charge in [0.25, 0.3) is 0 Å². The fraction of sp³-hybridized carbons (Fsp3) is 0.889. The van der Waals surface area contributed by atoms with E-state index < -0.39 is 0 Å². The number of nitrogens with zero attached hydrogens (tertiary/aromatic N) is 1. The molecule has 0 aromatic heterocycles. The minimum Gasteiger partial charge on any atom is -0.381 e. The van der Waals surface area contributed by atoms with Crippen LogP contribution in [0, 0.1) is 0 Å². The summed E-state index contributed by atoms with van der Waals surface area (Å²) in [5.41, 5.74) is 10.7. The van der Waals surface area contributed by atoms with E-state index >= 15 is 0 Å². The van der Waals surface area contributed by atoms with Gasteiger partial charge >= 0.3 is 0 Å². The highest BCUT2D eigenvalue weighted by molar-refractivity contribution is 5.85. The summed E-state index contributed by atoms with van der Waals surface area (Å²) < 4.78 is 5.41. The zero-order chi connectivity index (χ0) is 10.4. The quantitative estimate of drug-likeness (QED) is 0.497. The first kappa shape index (κ1) is 18.1. The molecule has 5 N–H and O–H groups in total. The lowest BCUT2D eigenvalue weighted by Gasteiger charge is -2.24. The van der Waals surface area contributed by atoms with E-state index in [9.17, 15) is 0 Å². The number of hydrogen-bond acceptors (Lipinski definition) is 3. The van der Waals surface area contributed by atoms with E-state index in [-0.39, 0.29) is 36.8 Å². The van der Waals surface area contributed by atoms with Crippen molar-refractivity contribution in [2.24, 2.45) is 16.5 Å². The van der Waals surface area contributed by atoms with Crippen LogP contribution >= 0.6 is 24.8 Å². The highest BCUT2D eigenvalue weighted by Crippen LogP contribution is 2.06. The number of nitrogens with two attached hydrogens (primary N) is 2. The molecule has 0 radical (unpaired) electrons. The largest absolute Gasteiger partial charge is 0.381 e. The molecule has 5 nitrogen and oxygen atoms in total. The summed E-state index contributed by atoms with van der Waals surface area (Å²) in [5.74, 6) is 0.155. The second-order valence-corrected chi connectivity index (χ2v) is 3.61. The van der Waals surface area contributed by atoms with Crippen molar-refractivity contribution in [1.29, 1.82) is 0 Å². The highest BCUT2D eigenvalue weighted by atomic mass is 35.5. The number of rotatable bonds is 2. The highest BCUT2D eigenvalue weighted by Gasteiger charge is 2.17. The molecule has 98 valence electrons. The van der Waals surface area contributed by atoms with Gasteiger partial charge in [0.2, 0.25) is 0 Å². The maximum Gasteiger partial charge on any atom is 0.186 e. The molecule has 2 unspecified atom stereocenters. The van der Waals surface area contributed by atoms with E-state index in [1.807, 2.05) is 6.92 Å². The van der Waals surface area contributed by atoms with Crippen molar-refractivity contribution < 1.29 is 4.74 Å². The van der Waals surface area contributed by atoms with E-state index in [0.717, 1.165) is 32.6 Å². The van der Waals surface area contributed by atoms with Gasteiger partial charge in [-0.25, -0.2) is 4.99 Å². The van der Waals surface area contributed by atoms with E-state index in [2.05, 4.69) is 10.3 Å².